The molecule has 1 aliphatic rings. The Hall–Kier alpha value is -0.500. The molecule has 0 spiro atoms. The van der Waals surface area contributed by atoms with E-state index >= 15 is 0 Å². The molecule has 0 radical (unpaired) electrons. The van der Waals surface area contributed by atoms with Crippen LogP contribution < -0.4 is 5.32 Å². The minimum absolute atomic E-state index is 1.09. The molecule has 2 heteroatoms. The normalized spacial score (nSPS) is 21.5. The minimum Gasteiger partial charge on any atom is -0.390 e. The lowest BCUT2D eigenvalue weighted by atomic mass is 10.1. The second kappa shape index (κ2) is 3.06. The molecule has 0 aromatic rings. The smallest absolute Gasteiger partial charge is 0.0378 e. The monoisotopic (exact) mass is 140 g/mol. The third kappa shape index (κ3) is 1.51. The van der Waals surface area contributed by atoms with E-state index in [9.17, 15) is 0 Å². The Morgan fingerprint density at radius 3 is 2.70 bits per heavy atom. The van der Waals surface area contributed by atoms with Gasteiger partial charge in [-0.2, -0.15) is 0 Å². The molecule has 1 heterocycles. The van der Waals surface area contributed by atoms with Crippen molar-refractivity contribution >= 4 is 0 Å². The summed E-state index contributed by atoms with van der Waals surface area (Å²) < 4.78 is 0. The summed E-state index contributed by atoms with van der Waals surface area (Å²) in [6.45, 7) is 4.50. The summed E-state index contributed by atoms with van der Waals surface area (Å²) in [6.07, 6.45) is 1.21. The van der Waals surface area contributed by atoms with Crippen LogP contribution in [0.1, 0.15) is 13.3 Å². The molecule has 10 heavy (non-hydrogen) atoms. The molecule has 1 rings (SSSR count). The molecule has 0 saturated heterocycles. The van der Waals surface area contributed by atoms with E-state index in [-0.39, 0.29) is 0 Å². The van der Waals surface area contributed by atoms with Crippen molar-refractivity contribution in [3.8, 4) is 0 Å². The van der Waals surface area contributed by atoms with Gasteiger partial charge in [-0.1, -0.05) is 5.57 Å². The molecule has 1 N–H and O–H groups in total. The summed E-state index contributed by atoms with van der Waals surface area (Å²) in [4.78, 5) is 2.33. The Bertz CT molecular complexity index is 149. The van der Waals surface area contributed by atoms with E-state index in [0.29, 0.717) is 0 Å². The van der Waals surface area contributed by atoms with Crippen LogP contribution >= 0.6 is 0 Å². The summed E-state index contributed by atoms with van der Waals surface area (Å²) in [6, 6.07) is 0. The third-order valence-electron chi connectivity index (χ3n) is 2.11. The number of nitrogens with one attached hydrogen (secondary N) is 1. The van der Waals surface area contributed by atoms with E-state index in [1.807, 2.05) is 7.05 Å². The van der Waals surface area contributed by atoms with Gasteiger partial charge in [-0.25, -0.2) is 0 Å². The largest absolute Gasteiger partial charge is 0.390 e. The Morgan fingerprint density at radius 1 is 1.50 bits per heavy atom. The maximum Gasteiger partial charge on any atom is 0.0378 e. The molecule has 0 unspecified atom stereocenters. The topological polar surface area (TPSA) is 15.3 Å². The SMILES string of the molecule is CNC1=C(C)CCN(C)C1. The standard InChI is InChI=1S/C8H16N2/c1-7-4-5-10(3)6-8(7)9-2/h9H,4-6H2,1-3H3. The zero-order chi connectivity index (χ0) is 7.56. The summed E-state index contributed by atoms with van der Waals surface area (Å²) in [5.74, 6) is 0. The van der Waals surface area contributed by atoms with Crippen LogP contribution in [-0.4, -0.2) is 32.1 Å². The summed E-state index contributed by atoms with van der Waals surface area (Å²) in [5, 5.41) is 3.22. The highest BCUT2D eigenvalue weighted by molar-refractivity contribution is 5.14. The first kappa shape index (κ1) is 7.61. The van der Waals surface area contributed by atoms with Crippen molar-refractivity contribution in [2.24, 2.45) is 0 Å². The maximum atomic E-state index is 3.22. The molecule has 0 aliphatic carbocycles. The molecule has 58 valence electrons. The van der Waals surface area contributed by atoms with Crippen molar-refractivity contribution in [2.45, 2.75) is 13.3 Å². The van der Waals surface area contributed by atoms with E-state index in [0.717, 1.165) is 6.54 Å². The maximum absolute atomic E-state index is 3.22. The van der Waals surface area contributed by atoms with E-state index in [4.69, 9.17) is 0 Å². The Morgan fingerprint density at radius 2 is 2.20 bits per heavy atom. The van der Waals surface area contributed by atoms with Gasteiger partial charge in [0, 0.05) is 25.8 Å². The average molecular weight is 140 g/mol. The fourth-order valence-electron chi connectivity index (χ4n) is 1.29. The van der Waals surface area contributed by atoms with Crippen LogP contribution in [0.15, 0.2) is 11.3 Å². The van der Waals surface area contributed by atoms with Gasteiger partial charge in [-0.05, 0) is 20.4 Å². The van der Waals surface area contributed by atoms with E-state index < -0.39 is 0 Å². The Balaban J connectivity index is 2.62. The highest BCUT2D eigenvalue weighted by atomic mass is 15.1. The number of likely N-dealkylation sites (N-methyl/N-ethyl adjacent to an activating group) is 2. The predicted molar refractivity (Wildman–Crippen MR) is 43.9 cm³/mol. The van der Waals surface area contributed by atoms with Crippen molar-refractivity contribution in [1.29, 1.82) is 0 Å². The molecule has 2 nitrogen and oxygen atoms in total. The molecule has 1 aliphatic heterocycles. The molecular formula is C8H16N2. The first-order valence-corrected chi connectivity index (χ1v) is 3.79. The van der Waals surface area contributed by atoms with Crippen molar-refractivity contribution in [3.05, 3.63) is 11.3 Å². The molecule has 0 atom stereocenters. The van der Waals surface area contributed by atoms with Crippen molar-refractivity contribution in [3.63, 3.8) is 0 Å². The summed E-state index contributed by atoms with van der Waals surface area (Å²) >= 11 is 0. The summed E-state index contributed by atoms with van der Waals surface area (Å²) in [7, 11) is 4.15. The minimum atomic E-state index is 1.09. The molecule has 0 bridgehead atoms. The highest BCUT2D eigenvalue weighted by Crippen LogP contribution is 2.12. The molecule has 0 aromatic heterocycles. The van der Waals surface area contributed by atoms with Gasteiger partial charge in [0.05, 0.1) is 0 Å². The highest BCUT2D eigenvalue weighted by Gasteiger charge is 2.10. The molecule has 0 saturated carbocycles. The van der Waals surface area contributed by atoms with Crippen molar-refractivity contribution < 1.29 is 0 Å². The van der Waals surface area contributed by atoms with Gasteiger partial charge in [-0.15, -0.1) is 0 Å². The van der Waals surface area contributed by atoms with Crippen LogP contribution in [0.5, 0.6) is 0 Å². The van der Waals surface area contributed by atoms with Crippen LogP contribution in [0.4, 0.5) is 0 Å². The fourth-order valence-corrected chi connectivity index (χ4v) is 1.29. The number of hydrogen-bond donors (Lipinski definition) is 1. The van der Waals surface area contributed by atoms with Gasteiger partial charge in [0.25, 0.3) is 0 Å². The zero-order valence-corrected chi connectivity index (χ0v) is 7.07. The quantitative estimate of drug-likeness (QED) is 0.580. The van der Waals surface area contributed by atoms with Crippen LogP contribution in [0.25, 0.3) is 0 Å². The molecule has 0 aromatic carbocycles. The molecule has 0 fully saturated rings. The Labute approximate surface area is 62.9 Å². The van der Waals surface area contributed by atoms with Crippen molar-refractivity contribution in [2.75, 3.05) is 27.2 Å². The van der Waals surface area contributed by atoms with Gasteiger partial charge in [0.2, 0.25) is 0 Å². The lowest BCUT2D eigenvalue weighted by molar-refractivity contribution is 0.340. The van der Waals surface area contributed by atoms with Crippen LogP contribution in [0.2, 0.25) is 0 Å². The van der Waals surface area contributed by atoms with Crippen LogP contribution in [0.3, 0.4) is 0 Å². The fraction of sp³-hybridized carbons (Fsp3) is 0.750. The lowest BCUT2D eigenvalue weighted by Gasteiger charge is -2.25. The van der Waals surface area contributed by atoms with E-state index in [1.165, 1.54) is 24.2 Å². The van der Waals surface area contributed by atoms with Gasteiger partial charge in [0.15, 0.2) is 0 Å². The van der Waals surface area contributed by atoms with Gasteiger partial charge in [0.1, 0.15) is 0 Å². The van der Waals surface area contributed by atoms with Crippen LogP contribution in [-0.2, 0) is 0 Å². The average Bonchev–Trinajstić information content (AvgIpc) is 1.94. The number of nitrogens with zero attached hydrogens (tertiary/aromatic N) is 1. The van der Waals surface area contributed by atoms with E-state index in [2.05, 4.69) is 24.2 Å². The second-order valence-corrected chi connectivity index (χ2v) is 3.00. The molecular weight excluding hydrogens is 124 g/mol. The predicted octanol–water partition coefficient (Wildman–Crippen LogP) is 0.815. The van der Waals surface area contributed by atoms with E-state index in [1.54, 1.807) is 0 Å². The first-order chi connectivity index (χ1) is 4.74. The number of rotatable bonds is 1. The van der Waals surface area contributed by atoms with Gasteiger partial charge < -0.3 is 10.2 Å². The molecule has 0 amide bonds. The lowest BCUT2D eigenvalue weighted by Crippen LogP contribution is -2.31. The summed E-state index contributed by atoms with van der Waals surface area (Å²) in [5.41, 5.74) is 2.91. The number of hydrogen-bond acceptors (Lipinski definition) is 2. The van der Waals surface area contributed by atoms with Crippen molar-refractivity contribution in [1.82, 2.24) is 10.2 Å². The van der Waals surface area contributed by atoms with Gasteiger partial charge >= 0.3 is 0 Å². The Kier molecular flexibility index (Phi) is 2.33. The first-order valence-electron chi connectivity index (χ1n) is 3.79. The van der Waals surface area contributed by atoms with Gasteiger partial charge in [-0.3, -0.25) is 0 Å². The second-order valence-electron chi connectivity index (χ2n) is 3.00. The third-order valence-corrected chi connectivity index (χ3v) is 2.11. The zero-order valence-electron chi connectivity index (χ0n) is 7.07. The van der Waals surface area contributed by atoms with Crippen LogP contribution in [0, 0.1) is 0 Å².